The molecule has 0 aliphatic heterocycles. The van der Waals surface area contributed by atoms with E-state index in [0.29, 0.717) is 6.42 Å². The van der Waals surface area contributed by atoms with Crippen LogP contribution in [-0.2, 0) is 23.9 Å². The Morgan fingerprint density at radius 2 is 1.90 bits per heavy atom. The smallest absolute Gasteiger partial charge is 0.306 e. The van der Waals surface area contributed by atoms with E-state index in [2.05, 4.69) is 10.1 Å². The van der Waals surface area contributed by atoms with E-state index in [0.717, 1.165) is 6.42 Å². The minimum absolute atomic E-state index is 0.00276. The first-order valence-corrected chi connectivity index (χ1v) is 6.69. The van der Waals surface area contributed by atoms with Crippen LogP contribution < -0.4 is 5.32 Å². The van der Waals surface area contributed by atoms with Gasteiger partial charge in [-0.25, -0.2) is 0 Å². The van der Waals surface area contributed by atoms with Crippen molar-refractivity contribution in [2.24, 2.45) is 0 Å². The fourth-order valence-corrected chi connectivity index (χ4v) is 1.37. The monoisotopic (exact) mass is 289 g/mol. The van der Waals surface area contributed by atoms with Crippen LogP contribution in [-0.4, -0.2) is 48.8 Å². The molecule has 0 radical (unpaired) electrons. The lowest BCUT2D eigenvalue weighted by molar-refractivity contribution is -0.147. The zero-order chi connectivity index (χ0) is 15.4. The second-order valence-electron chi connectivity index (χ2n) is 4.32. The molecule has 0 aromatic carbocycles. The number of aliphatic hydroxyl groups excluding tert-OH is 1. The van der Waals surface area contributed by atoms with Gasteiger partial charge in [-0.2, -0.15) is 0 Å². The molecular formula is C13H23NO6. The van der Waals surface area contributed by atoms with E-state index in [-0.39, 0.29) is 38.5 Å². The maximum atomic E-state index is 11.3. The van der Waals surface area contributed by atoms with Gasteiger partial charge in [0.25, 0.3) is 0 Å². The lowest BCUT2D eigenvalue weighted by Gasteiger charge is -2.10. The first kappa shape index (κ1) is 18.4. The molecule has 7 heteroatoms. The summed E-state index contributed by atoms with van der Waals surface area (Å²) in [6.07, 6.45) is 0.690. The summed E-state index contributed by atoms with van der Waals surface area (Å²) < 4.78 is 9.46. The van der Waals surface area contributed by atoms with Gasteiger partial charge in [-0.1, -0.05) is 13.3 Å². The number of amides is 1. The van der Waals surface area contributed by atoms with Crippen LogP contribution in [0.15, 0.2) is 0 Å². The van der Waals surface area contributed by atoms with Crippen LogP contribution in [0.4, 0.5) is 0 Å². The van der Waals surface area contributed by atoms with Crippen molar-refractivity contribution in [3.63, 3.8) is 0 Å². The Kier molecular flexibility index (Phi) is 10.3. The first-order chi connectivity index (χ1) is 9.45. The number of aliphatic hydroxyl groups is 1. The number of esters is 2. The summed E-state index contributed by atoms with van der Waals surface area (Å²) in [5.74, 6) is -1.24. The second kappa shape index (κ2) is 11.2. The molecule has 20 heavy (non-hydrogen) atoms. The maximum absolute atomic E-state index is 11.3. The van der Waals surface area contributed by atoms with Crippen molar-refractivity contribution in [1.29, 1.82) is 0 Å². The van der Waals surface area contributed by atoms with Crippen LogP contribution in [0.3, 0.4) is 0 Å². The number of hydrogen-bond donors (Lipinski definition) is 2. The summed E-state index contributed by atoms with van der Waals surface area (Å²) in [4.78, 5) is 33.1. The van der Waals surface area contributed by atoms with Gasteiger partial charge in [0.2, 0.25) is 5.91 Å². The highest BCUT2D eigenvalue weighted by molar-refractivity contribution is 5.81. The SMILES string of the molecule is CCCC(O)COC(=O)CCC(=O)NCCOC(C)=O. The third-order valence-corrected chi connectivity index (χ3v) is 2.34. The molecule has 2 N–H and O–H groups in total. The van der Waals surface area contributed by atoms with Crippen molar-refractivity contribution >= 4 is 17.8 Å². The summed E-state index contributed by atoms with van der Waals surface area (Å²) in [5.41, 5.74) is 0. The summed E-state index contributed by atoms with van der Waals surface area (Å²) in [5, 5.41) is 11.9. The van der Waals surface area contributed by atoms with E-state index in [9.17, 15) is 19.5 Å². The van der Waals surface area contributed by atoms with Crippen LogP contribution in [0.5, 0.6) is 0 Å². The molecule has 0 aliphatic carbocycles. The third kappa shape index (κ3) is 11.5. The standard InChI is InChI=1S/C13H23NO6/c1-3-4-11(16)9-20-13(18)6-5-12(17)14-7-8-19-10(2)15/h11,16H,3-9H2,1-2H3,(H,14,17). The molecule has 0 fully saturated rings. The summed E-state index contributed by atoms with van der Waals surface area (Å²) in [7, 11) is 0. The minimum Gasteiger partial charge on any atom is -0.464 e. The van der Waals surface area contributed by atoms with Crippen LogP contribution in [0.25, 0.3) is 0 Å². The highest BCUT2D eigenvalue weighted by Crippen LogP contribution is 1.99. The molecule has 1 amide bonds. The van der Waals surface area contributed by atoms with Crippen molar-refractivity contribution in [3.05, 3.63) is 0 Å². The Balaban J connectivity index is 3.58. The molecule has 0 rings (SSSR count). The predicted molar refractivity (Wildman–Crippen MR) is 70.8 cm³/mol. The topological polar surface area (TPSA) is 102 Å². The van der Waals surface area contributed by atoms with Gasteiger partial charge >= 0.3 is 11.9 Å². The van der Waals surface area contributed by atoms with E-state index in [1.165, 1.54) is 6.92 Å². The first-order valence-electron chi connectivity index (χ1n) is 6.69. The van der Waals surface area contributed by atoms with Gasteiger partial charge in [-0.3, -0.25) is 14.4 Å². The highest BCUT2D eigenvalue weighted by Gasteiger charge is 2.10. The zero-order valence-electron chi connectivity index (χ0n) is 12.0. The van der Waals surface area contributed by atoms with Crippen LogP contribution in [0.2, 0.25) is 0 Å². The quantitative estimate of drug-likeness (QED) is 0.438. The Hall–Kier alpha value is -1.63. The molecule has 1 unspecified atom stereocenters. The fourth-order valence-electron chi connectivity index (χ4n) is 1.37. The number of hydrogen-bond acceptors (Lipinski definition) is 6. The van der Waals surface area contributed by atoms with Crippen molar-refractivity contribution in [2.75, 3.05) is 19.8 Å². The molecule has 0 saturated heterocycles. The highest BCUT2D eigenvalue weighted by atomic mass is 16.5. The summed E-state index contributed by atoms with van der Waals surface area (Å²) >= 11 is 0. The zero-order valence-corrected chi connectivity index (χ0v) is 12.0. The Labute approximate surface area is 118 Å². The molecule has 0 spiro atoms. The molecule has 1 atom stereocenters. The molecule has 0 aromatic rings. The van der Waals surface area contributed by atoms with Gasteiger partial charge in [0.15, 0.2) is 0 Å². The van der Waals surface area contributed by atoms with Crippen LogP contribution in [0, 0.1) is 0 Å². The van der Waals surface area contributed by atoms with Crippen molar-refractivity contribution < 1.29 is 29.0 Å². The molecule has 0 saturated carbocycles. The van der Waals surface area contributed by atoms with Gasteiger partial charge < -0.3 is 19.9 Å². The normalized spacial score (nSPS) is 11.6. The number of ether oxygens (including phenoxy) is 2. The van der Waals surface area contributed by atoms with Crippen molar-refractivity contribution in [3.8, 4) is 0 Å². The third-order valence-electron chi connectivity index (χ3n) is 2.34. The van der Waals surface area contributed by atoms with Crippen molar-refractivity contribution in [1.82, 2.24) is 5.32 Å². The number of rotatable bonds is 10. The Morgan fingerprint density at radius 1 is 1.20 bits per heavy atom. The van der Waals surface area contributed by atoms with Gasteiger partial charge in [-0.05, 0) is 6.42 Å². The lowest BCUT2D eigenvalue weighted by Crippen LogP contribution is -2.28. The molecule has 0 aromatic heterocycles. The second-order valence-corrected chi connectivity index (χ2v) is 4.32. The lowest BCUT2D eigenvalue weighted by atomic mass is 10.2. The van der Waals surface area contributed by atoms with E-state index in [1.807, 2.05) is 6.92 Å². The molecule has 0 aliphatic rings. The number of carbonyl (C=O) groups excluding carboxylic acids is 3. The van der Waals surface area contributed by atoms with Crippen LogP contribution >= 0.6 is 0 Å². The molecule has 7 nitrogen and oxygen atoms in total. The fraction of sp³-hybridized carbons (Fsp3) is 0.769. The Morgan fingerprint density at radius 3 is 2.50 bits per heavy atom. The average Bonchev–Trinajstić information content (AvgIpc) is 2.39. The predicted octanol–water partition coefficient (Wildman–Crippen LogP) is 0.150. The molecule has 116 valence electrons. The molecule has 0 heterocycles. The summed E-state index contributed by atoms with van der Waals surface area (Å²) in [6, 6.07) is 0. The van der Waals surface area contributed by atoms with Gasteiger partial charge in [0.05, 0.1) is 19.1 Å². The number of nitrogens with one attached hydrogen (secondary N) is 1. The van der Waals surface area contributed by atoms with E-state index >= 15 is 0 Å². The Bertz CT molecular complexity index is 318. The maximum Gasteiger partial charge on any atom is 0.306 e. The van der Waals surface area contributed by atoms with E-state index in [1.54, 1.807) is 0 Å². The van der Waals surface area contributed by atoms with E-state index < -0.39 is 18.0 Å². The summed E-state index contributed by atoms with van der Waals surface area (Å²) in [6.45, 7) is 3.48. The average molecular weight is 289 g/mol. The van der Waals surface area contributed by atoms with Gasteiger partial charge in [0.1, 0.15) is 13.2 Å². The number of carbonyl (C=O) groups is 3. The van der Waals surface area contributed by atoms with Crippen LogP contribution in [0.1, 0.15) is 39.5 Å². The van der Waals surface area contributed by atoms with E-state index in [4.69, 9.17) is 4.74 Å². The minimum atomic E-state index is -0.651. The molecule has 0 bridgehead atoms. The molecular weight excluding hydrogens is 266 g/mol. The van der Waals surface area contributed by atoms with Gasteiger partial charge in [-0.15, -0.1) is 0 Å². The van der Waals surface area contributed by atoms with Gasteiger partial charge in [0, 0.05) is 13.3 Å². The largest absolute Gasteiger partial charge is 0.464 e. The van der Waals surface area contributed by atoms with Crippen molar-refractivity contribution in [2.45, 2.75) is 45.6 Å².